The number of fused-ring (bicyclic) bond motifs is 1. The lowest BCUT2D eigenvalue weighted by molar-refractivity contribution is -0.0498. The van der Waals surface area contributed by atoms with Crippen LogP contribution in [-0.4, -0.2) is 6.61 Å². The van der Waals surface area contributed by atoms with Crippen LogP contribution in [0.4, 0.5) is 8.78 Å². The van der Waals surface area contributed by atoms with Crippen LogP contribution in [0.5, 0.6) is 5.75 Å². The summed E-state index contributed by atoms with van der Waals surface area (Å²) in [6.07, 6.45) is 0. The number of alkyl halides is 3. The molecule has 0 aliphatic rings. The van der Waals surface area contributed by atoms with E-state index in [4.69, 9.17) is 11.6 Å². The Bertz CT molecular complexity index is 757. The van der Waals surface area contributed by atoms with Crippen LogP contribution in [-0.2, 0) is 0 Å². The number of halogens is 3. The molecule has 108 valence electrons. The quantitative estimate of drug-likeness (QED) is 0.548. The van der Waals surface area contributed by atoms with E-state index in [1.807, 2.05) is 35.7 Å². The molecular formula is C16H11ClF2OS. The Morgan fingerprint density at radius 3 is 2.67 bits per heavy atom. The highest BCUT2D eigenvalue weighted by atomic mass is 35.5. The second kappa shape index (κ2) is 6.00. The molecule has 0 saturated heterocycles. The lowest BCUT2D eigenvalue weighted by Gasteiger charge is -2.11. The molecule has 5 heteroatoms. The van der Waals surface area contributed by atoms with Crippen LogP contribution in [0.1, 0.15) is 16.5 Å². The second-order valence-electron chi connectivity index (χ2n) is 4.50. The van der Waals surface area contributed by atoms with E-state index < -0.39 is 12.0 Å². The molecular weight excluding hydrogens is 314 g/mol. The minimum absolute atomic E-state index is 0.118. The molecule has 1 nitrogen and oxygen atoms in total. The first-order chi connectivity index (χ1) is 10.1. The molecule has 0 saturated carbocycles. The second-order valence-corrected chi connectivity index (χ2v) is 5.85. The highest BCUT2D eigenvalue weighted by Gasteiger charge is 2.16. The van der Waals surface area contributed by atoms with Gasteiger partial charge in [0.2, 0.25) is 0 Å². The lowest BCUT2D eigenvalue weighted by Crippen LogP contribution is -2.02. The topological polar surface area (TPSA) is 9.23 Å². The van der Waals surface area contributed by atoms with Gasteiger partial charge in [-0.15, -0.1) is 22.9 Å². The fourth-order valence-electron chi connectivity index (χ4n) is 2.22. The average molecular weight is 325 g/mol. The minimum atomic E-state index is -2.84. The Morgan fingerprint density at radius 1 is 1.05 bits per heavy atom. The van der Waals surface area contributed by atoms with Gasteiger partial charge in [-0.2, -0.15) is 8.78 Å². The molecule has 1 aromatic heterocycles. The van der Waals surface area contributed by atoms with Crippen molar-refractivity contribution in [2.75, 3.05) is 0 Å². The van der Waals surface area contributed by atoms with Crippen LogP contribution < -0.4 is 4.74 Å². The molecule has 0 bridgehead atoms. The van der Waals surface area contributed by atoms with E-state index in [-0.39, 0.29) is 5.75 Å². The third-order valence-corrected chi connectivity index (χ3v) is 4.63. The maximum absolute atomic E-state index is 12.3. The van der Waals surface area contributed by atoms with Gasteiger partial charge < -0.3 is 4.74 Å². The molecule has 0 radical (unpaired) electrons. The number of hydrogen-bond acceptors (Lipinski definition) is 2. The zero-order valence-electron chi connectivity index (χ0n) is 10.8. The number of hydrogen-bond donors (Lipinski definition) is 0. The summed E-state index contributed by atoms with van der Waals surface area (Å²) in [5.74, 6) is 0.118. The Kier molecular flexibility index (Phi) is 4.08. The smallest absolute Gasteiger partial charge is 0.387 e. The maximum atomic E-state index is 12.3. The van der Waals surface area contributed by atoms with Gasteiger partial charge in [-0.05, 0) is 40.1 Å². The van der Waals surface area contributed by atoms with Gasteiger partial charge in [0.1, 0.15) is 5.75 Å². The molecule has 0 aliphatic carbocycles. The molecule has 0 N–H and O–H groups in total. The average Bonchev–Trinajstić information content (AvgIpc) is 2.90. The molecule has 2 aromatic carbocycles. The van der Waals surface area contributed by atoms with Crippen molar-refractivity contribution in [1.29, 1.82) is 0 Å². The summed E-state index contributed by atoms with van der Waals surface area (Å²) in [6.45, 7) is -2.84. The standard InChI is InChI=1S/C16H11ClF2OS/c17-15(10-4-3-5-11(8-10)20-16(18)19)13-9-21-14-7-2-1-6-12(13)14/h1-9,15-16H. The van der Waals surface area contributed by atoms with Gasteiger partial charge >= 0.3 is 6.61 Å². The summed E-state index contributed by atoms with van der Waals surface area (Å²) in [6, 6.07) is 14.5. The van der Waals surface area contributed by atoms with Crippen LogP contribution >= 0.6 is 22.9 Å². The minimum Gasteiger partial charge on any atom is -0.435 e. The number of rotatable bonds is 4. The van der Waals surface area contributed by atoms with Crippen molar-refractivity contribution in [3.63, 3.8) is 0 Å². The molecule has 21 heavy (non-hydrogen) atoms. The van der Waals surface area contributed by atoms with E-state index in [1.165, 1.54) is 6.07 Å². The van der Waals surface area contributed by atoms with Crippen LogP contribution in [0.25, 0.3) is 10.1 Å². The van der Waals surface area contributed by atoms with Gasteiger partial charge in [0.25, 0.3) is 0 Å². The molecule has 1 unspecified atom stereocenters. The number of benzene rings is 2. The lowest BCUT2D eigenvalue weighted by atomic mass is 10.0. The molecule has 1 heterocycles. The van der Waals surface area contributed by atoms with Gasteiger partial charge in [0, 0.05) is 4.70 Å². The van der Waals surface area contributed by atoms with Gasteiger partial charge in [-0.25, -0.2) is 0 Å². The van der Waals surface area contributed by atoms with Gasteiger partial charge in [0.15, 0.2) is 0 Å². The normalized spacial score (nSPS) is 12.8. The summed E-state index contributed by atoms with van der Waals surface area (Å²) in [5.41, 5.74) is 1.71. The van der Waals surface area contributed by atoms with Crippen LogP contribution in [0, 0.1) is 0 Å². The van der Waals surface area contributed by atoms with E-state index in [1.54, 1.807) is 23.5 Å². The molecule has 0 fully saturated rings. The van der Waals surface area contributed by atoms with Crippen molar-refractivity contribution in [3.8, 4) is 5.75 Å². The third-order valence-electron chi connectivity index (χ3n) is 3.16. The molecule has 0 spiro atoms. The molecule has 1 atom stereocenters. The summed E-state index contributed by atoms with van der Waals surface area (Å²) >= 11 is 8.14. The van der Waals surface area contributed by atoms with Gasteiger partial charge in [0.05, 0.1) is 5.38 Å². The first-order valence-electron chi connectivity index (χ1n) is 6.30. The largest absolute Gasteiger partial charge is 0.435 e. The van der Waals surface area contributed by atoms with Gasteiger partial charge in [-0.1, -0.05) is 30.3 Å². The first kappa shape index (κ1) is 14.3. The predicted molar refractivity (Wildman–Crippen MR) is 82.6 cm³/mol. The fraction of sp³-hybridized carbons (Fsp3) is 0.125. The highest BCUT2D eigenvalue weighted by Crippen LogP contribution is 2.38. The summed E-state index contributed by atoms with van der Waals surface area (Å²) in [4.78, 5) is 0. The van der Waals surface area contributed by atoms with Gasteiger partial charge in [-0.3, -0.25) is 0 Å². The van der Waals surface area contributed by atoms with Crippen molar-refractivity contribution < 1.29 is 13.5 Å². The van der Waals surface area contributed by atoms with Crippen LogP contribution in [0.3, 0.4) is 0 Å². The molecule has 3 rings (SSSR count). The summed E-state index contributed by atoms with van der Waals surface area (Å²) < 4.78 is 30.1. The van der Waals surface area contributed by atoms with Crippen molar-refractivity contribution in [3.05, 3.63) is 65.0 Å². The molecule has 0 amide bonds. The SMILES string of the molecule is FC(F)Oc1cccc(C(Cl)c2csc3ccccc23)c1. The Labute approximate surface area is 129 Å². The maximum Gasteiger partial charge on any atom is 0.387 e. The van der Waals surface area contributed by atoms with Crippen LogP contribution in [0.15, 0.2) is 53.9 Å². The van der Waals surface area contributed by atoms with Crippen molar-refractivity contribution in [2.24, 2.45) is 0 Å². The Hall–Kier alpha value is -1.65. The number of thiophene rings is 1. The molecule has 0 aliphatic heterocycles. The first-order valence-corrected chi connectivity index (χ1v) is 7.62. The molecule has 3 aromatic rings. The van der Waals surface area contributed by atoms with E-state index >= 15 is 0 Å². The zero-order valence-corrected chi connectivity index (χ0v) is 12.4. The summed E-state index contributed by atoms with van der Waals surface area (Å²) in [5, 5.41) is 2.69. The number of ether oxygens (including phenoxy) is 1. The summed E-state index contributed by atoms with van der Waals surface area (Å²) in [7, 11) is 0. The monoisotopic (exact) mass is 324 g/mol. The van der Waals surface area contributed by atoms with E-state index in [0.717, 1.165) is 21.2 Å². The Morgan fingerprint density at radius 2 is 1.86 bits per heavy atom. The van der Waals surface area contributed by atoms with Crippen molar-refractivity contribution in [2.45, 2.75) is 12.0 Å². The van der Waals surface area contributed by atoms with E-state index in [2.05, 4.69) is 4.74 Å². The fourth-order valence-corrected chi connectivity index (χ4v) is 3.60. The van der Waals surface area contributed by atoms with E-state index in [9.17, 15) is 8.78 Å². The Balaban J connectivity index is 1.96. The van der Waals surface area contributed by atoms with Crippen molar-refractivity contribution >= 4 is 33.0 Å². The predicted octanol–water partition coefficient (Wildman–Crippen LogP) is 5.83. The van der Waals surface area contributed by atoms with Crippen molar-refractivity contribution in [1.82, 2.24) is 0 Å². The van der Waals surface area contributed by atoms with Crippen LogP contribution in [0.2, 0.25) is 0 Å². The van der Waals surface area contributed by atoms with E-state index in [0.29, 0.717) is 0 Å². The third kappa shape index (κ3) is 3.01. The highest BCUT2D eigenvalue weighted by molar-refractivity contribution is 7.17. The zero-order chi connectivity index (χ0) is 14.8.